The Kier molecular flexibility index (Phi) is 42.6. The van der Waals surface area contributed by atoms with Crippen LogP contribution in [0.1, 0.15) is 128 Å². The number of nitrogens with zero attached hydrogens (tertiary/aromatic N) is 3. The third kappa shape index (κ3) is 31.1. The lowest BCUT2D eigenvalue weighted by atomic mass is 9.87. The predicted molar refractivity (Wildman–Crippen MR) is 580 cm³/mol. The lowest BCUT2D eigenvalue weighted by Crippen LogP contribution is -2.10. The highest BCUT2D eigenvalue weighted by atomic mass is 35.5. The van der Waals surface area contributed by atoms with Gasteiger partial charge in [0.2, 0.25) is 0 Å². The maximum absolute atomic E-state index is 12.5. The quantitative estimate of drug-likeness (QED) is 0.00542. The second-order valence-corrected chi connectivity index (χ2v) is 32.6. The Hall–Kier alpha value is -15.9. The summed E-state index contributed by atoms with van der Waals surface area (Å²) in [6.45, 7) is 2.87. The monoisotopic (exact) mass is 1870 g/mol. The number of esters is 1. The zero-order valence-corrected chi connectivity index (χ0v) is 80.4. The second-order valence-electron chi connectivity index (χ2n) is 32.2. The van der Waals surface area contributed by atoms with Crippen LogP contribution < -0.4 is 45.6 Å². The normalized spacial score (nSPS) is 11.6. The molecule has 0 aliphatic rings. The molecule has 0 atom stereocenters. The summed E-state index contributed by atoms with van der Waals surface area (Å²) in [4.78, 5) is 15.4. The van der Waals surface area contributed by atoms with E-state index in [2.05, 4.69) is 253 Å². The molecule has 0 aliphatic carbocycles. The molecule has 0 aliphatic heterocycles. The smallest absolute Gasteiger partial charge is 0.311 e. The Labute approximate surface area is 830 Å². The van der Waals surface area contributed by atoms with Crippen LogP contribution in [-0.4, -0.2) is 84.3 Å². The highest BCUT2D eigenvalue weighted by molar-refractivity contribution is 6.19. The molecule has 706 valence electrons. The maximum atomic E-state index is 12.5. The summed E-state index contributed by atoms with van der Waals surface area (Å²) in [6.07, 6.45) is 4.78. The Bertz CT molecular complexity index is 6420. The van der Waals surface area contributed by atoms with Crippen LogP contribution in [-0.2, 0) is 4.79 Å². The minimum atomic E-state index is -0.236. The number of rotatable bonds is 38. The second kappa shape index (κ2) is 57.9. The summed E-state index contributed by atoms with van der Waals surface area (Å²) in [7, 11) is 5.04. The lowest BCUT2D eigenvalue weighted by molar-refractivity contribution is -0.134. The van der Waals surface area contributed by atoms with Gasteiger partial charge < -0.3 is 50.7 Å². The third-order valence-corrected chi connectivity index (χ3v) is 23.2. The molecule has 0 saturated heterocycles. The Morgan fingerprint density at radius 3 is 0.743 bits per heavy atom. The van der Waals surface area contributed by atoms with Crippen LogP contribution in [0.25, 0.3) is 66.2 Å². The fourth-order valence-corrected chi connectivity index (χ4v) is 16.8. The molecular formula is C125H121ClN6O8. The average molecular weight is 1870 g/mol. The molecule has 0 unspecified atom stereocenters. The average Bonchev–Trinajstić information content (AvgIpc) is 0.816. The molecule has 16 aromatic rings. The number of hydrogen-bond acceptors (Lipinski definition) is 12. The van der Waals surface area contributed by atoms with E-state index in [-0.39, 0.29) is 19.2 Å². The van der Waals surface area contributed by atoms with Gasteiger partial charge >= 0.3 is 5.97 Å². The minimum absolute atomic E-state index is 0.0260. The molecule has 16 aromatic carbocycles. The van der Waals surface area contributed by atoms with Crippen LogP contribution in [0.5, 0.6) is 34.5 Å². The van der Waals surface area contributed by atoms with Crippen molar-refractivity contribution in [2.45, 2.75) is 44.9 Å². The van der Waals surface area contributed by atoms with Crippen molar-refractivity contribution in [3.05, 3.63) is 549 Å². The van der Waals surface area contributed by atoms with E-state index in [0.717, 1.165) is 103 Å². The SMILES string of the molecule is COc1ccc(/C(=C(/CCCl)c2ccccc2)c2ccccc2)cc1.COc1ccc(/C(=C(/CCN)c2ccccc2)c2ccccc2)cc1.COc1ccc(/C(=C(/CCN=[N+]=[N-])c2ccccc2)c2ccccc2)cc1.NCCOc1ccc(/C(=C(/CCN)c2ccccc2)c2ccccc2)cc1.O=C(CCC/C(=C(\c1ccccc1)c1ccc(OCCO)cc1)c1ccccc1)Oc1ccccc1. The largest absolute Gasteiger partial charge is 0.497 e. The number of allylic oxidation sites excluding steroid dienone is 2. The summed E-state index contributed by atoms with van der Waals surface area (Å²) in [6, 6.07) is 154. The standard InChI is InChI=1S/C32H30O4.C24H26N2O.C23H21ClO.C23H21N3O.C23H23NO/c33-23-24-35-28-21-19-27(20-22-28)32(26-13-6-2-7-14-26)30(25-11-4-1-5-12-25)17-10-18-31(34)36-29-15-8-3-9-16-29;25-16-15-23(19-7-3-1-4-8-19)24(20-9-5-2-6-10-20)21-11-13-22(14-12-21)27-18-17-26;1-25-21-14-12-20(13-15-21)23(19-10-6-3-7-11-19)22(16-17-24)18-8-4-2-5-9-18;1-27-21-14-12-20(13-15-21)23(19-10-6-3-7-11-19)22(16-17-25-26-24)18-8-4-2-5-9-18;1-25-21-14-12-20(13-15-21)23(19-10-6-3-7-11-19)22(16-17-24)18-8-4-2-5-9-18/h1-9,11-16,19-22,33H,10,17-18,23-24H2;1-14H,15-18,25-26H2;2-15H,16-17H2,1H3;2-15H,16-17H2,1H3;2-15H,16-17,24H2,1H3/b32-30-;24-23-;3*23-22-. The van der Waals surface area contributed by atoms with Crippen LogP contribution in [0.2, 0.25) is 0 Å². The molecule has 0 radical (unpaired) electrons. The van der Waals surface area contributed by atoms with Gasteiger partial charge in [0.1, 0.15) is 47.7 Å². The van der Waals surface area contributed by atoms with Crippen molar-refractivity contribution in [3.63, 3.8) is 0 Å². The fourth-order valence-electron chi connectivity index (χ4n) is 16.6. The summed E-state index contributed by atoms with van der Waals surface area (Å²) in [5.41, 5.74) is 55.4. The van der Waals surface area contributed by atoms with Gasteiger partial charge in [-0.2, -0.15) is 0 Å². The van der Waals surface area contributed by atoms with Gasteiger partial charge in [0, 0.05) is 30.3 Å². The Morgan fingerprint density at radius 2 is 0.500 bits per heavy atom. The van der Waals surface area contributed by atoms with Gasteiger partial charge in [0.15, 0.2) is 0 Å². The van der Waals surface area contributed by atoms with Crippen LogP contribution in [0.3, 0.4) is 0 Å². The number of nitrogens with two attached hydrogens (primary N) is 3. The van der Waals surface area contributed by atoms with Gasteiger partial charge in [0.05, 0.1) is 27.9 Å². The summed E-state index contributed by atoms with van der Waals surface area (Å²) in [5, 5.41) is 12.8. The summed E-state index contributed by atoms with van der Waals surface area (Å²) >= 11 is 6.16. The van der Waals surface area contributed by atoms with Crippen LogP contribution in [0.4, 0.5) is 0 Å². The number of methoxy groups -OCH3 is 3. The van der Waals surface area contributed by atoms with E-state index in [1.807, 2.05) is 200 Å². The van der Waals surface area contributed by atoms with E-state index < -0.39 is 0 Å². The zero-order chi connectivity index (χ0) is 97.8. The zero-order valence-electron chi connectivity index (χ0n) is 79.7. The first-order valence-corrected chi connectivity index (χ1v) is 47.7. The van der Waals surface area contributed by atoms with E-state index in [4.69, 9.17) is 67.9 Å². The van der Waals surface area contributed by atoms with Gasteiger partial charge in [-0.25, -0.2) is 0 Å². The number of ether oxygens (including phenoxy) is 6. The van der Waals surface area contributed by atoms with Crippen LogP contribution in [0, 0.1) is 0 Å². The first-order valence-electron chi connectivity index (χ1n) is 47.2. The minimum Gasteiger partial charge on any atom is -0.497 e. The number of benzene rings is 16. The van der Waals surface area contributed by atoms with E-state index in [1.54, 1.807) is 33.5 Å². The molecular weight excluding hydrogens is 1750 g/mol. The fraction of sp³-hybridized carbons (Fsp3) is 0.144. The van der Waals surface area contributed by atoms with E-state index in [9.17, 15) is 4.79 Å². The molecule has 7 N–H and O–H groups in total. The number of aliphatic hydroxyl groups excluding tert-OH is 1. The molecule has 0 heterocycles. The van der Waals surface area contributed by atoms with Crippen molar-refractivity contribution in [2.75, 3.05) is 73.2 Å². The van der Waals surface area contributed by atoms with E-state index in [0.29, 0.717) is 75.8 Å². The van der Waals surface area contributed by atoms with Gasteiger partial charge in [-0.05, 0) is 269 Å². The molecule has 0 aromatic heterocycles. The van der Waals surface area contributed by atoms with Crippen molar-refractivity contribution >= 4 is 73.3 Å². The number of halogens is 1. The summed E-state index contributed by atoms with van der Waals surface area (Å²) < 4.78 is 32.6. The molecule has 140 heavy (non-hydrogen) atoms. The van der Waals surface area contributed by atoms with Crippen LogP contribution in [0.15, 0.2) is 460 Å². The first-order chi connectivity index (χ1) is 69.1. The number of para-hydroxylation sites is 1. The molecule has 0 saturated carbocycles. The van der Waals surface area contributed by atoms with Crippen LogP contribution >= 0.6 is 11.6 Å². The first kappa shape index (κ1) is 103. The Balaban J connectivity index is 0.000000158. The molecule has 0 fully saturated rings. The molecule has 16 rings (SSSR count). The summed E-state index contributed by atoms with van der Waals surface area (Å²) in [5.74, 6) is 4.99. The van der Waals surface area contributed by atoms with Crippen molar-refractivity contribution in [1.29, 1.82) is 0 Å². The van der Waals surface area contributed by atoms with E-state index >= 15 is 0 Å². The topological polar surface area (TPSA) is 219 Å². The van der Waals surface area contributed by atoms with Gasteiger partial charge in [-0.1, -0.05) is 387 Å². The molecule has 0 amide bonds. The number of azide groups is 1. The van der Waals surface area contributed by atoms with Crippen molar-refractivity contribution in [1.82, 2.24) is 0 Å². The lowest BCUT2D eigenvalue weighted by Gasteiger charge is -2.18. The highest BCUT2D eigenvalue weighted by Gasteiger charge is 2.22. The van der Waals surface area contributed by atoms with Gasteiger partial charge in [-0.15, -0.1) is 11.6 Å². The predicted octanol–water partition coefficient (Wildman–Crippen LogP) is 28.8. The molecule has 14 nitrogen and oxygen atoms in total. The van der Waals surface area contributed by atoms with Crippen molar-refractivity contribution in [2.24, 2.45) is 22.3 Å². The van der Waals surface area contributed by atoms with E-state index in [1.165, 1.54) is 78.0 Å². The number of alkyl halides is 1. The van der Waals surface area contributed by atoms with Crippen molar-refractivity contribution in [3.8, 4) is 34.5 Å². The number of hydrogen-bond donors (Lipinski definition) is 4. The van der Waals surface area contributed by atoms with Gasteiger partial charge in [-0.3, -0.25) is 4.79 Å². The third-order valence-electron chi connectivity index (χ3n) is 23.0. The van der Waals surface area contributed by atoms with Crippen molar-refractivity contribution < 1.29 is 38.3 Å². The maximum Gasteiger partial charge on any atom is 0.311 e. The number of carbonyl (C=O) groups is 1. The molecule has 15 heteroatoms. The number of carbonyl (C=O) groups excluding carboxylic acids is 1. The Morgan fingerprint density at radius 1 is 0.271 bits per heavy atom. The van der Waals surface area contributed by atoms with Gasteiger partial charge in [0.25, 0.3) is 0 Å². The number of aliphatic hydroxyl groups is 1. The molecule has 0 spiro atoms. The highest BCUT2D eigenvalue weighted by Crippen LogP contribution is 2.42. The molecule has 0 bridgehead atoms.